The summed E-state index contributed by atoms with van der Waals surface area (Å²) in [6, 6.07) is 3.33. The van der Waals surface area contributed by atoms with Gasteiger partial charge in [-0.3, -0.25) is 4.79 Å². The molecule has 3 N–H and O–H groups in total. The van der Waals surface area contributed by atoms with Crippen LogP contribution in [0.2, 0.25) is 0 Å². The molecule has 122 valence electrons. The van der Waals surface area contributed by atoms with Crippen LogP contribution in [0.1, 0.15) is 23.3 Å². The molecular weight excluding hydrogens is 302 g/mol. The van der Waals surface area contributed by atoms with Crippen molar-refractivity contribution in [3.63, 3.8) is 0 Å². The third-order valence-corrected chi connectivity index (χ3v) is 3.99. The molecule has 3 rings (SSSR count). The molecule has 0 amide bonds. The predicted octanol–water partition coefficient (Wildman–Crippen LogP) is 0.399. The van der Waals surface area contributed by atoms with Gasteiger partial charge in [0.1, 0.15) is 0 Å². The molecule has 23 heavy (non-hydrogen) atoms. The number of fused-ring (bicyclic) bond motifs is 1. The second-order valence-corrected chi connectivity index (χ2v) is 5.42. The summed E-state index contributed by atoms with van der Waals surface area (Å²) in [5.41, 5.74) is 6.40. The number of carbonyl (C=O) groups excluding carboxylic acids is 1. The number of nitrogens with zero attached hydrogens (tertiary/aromatic N) is 4. The zero-order valence-electron chi connectivity index (χ0n) is 12.6. The van der Waals surface area contributed by atoms with Crippen LogP contribution in [0.3, 0.4) is 0 Å². The first kappa shape index (κ1) is 15.1. The van der Waals surface area contributed by atoms with Gasteiger partial charge in [0, 0.05) is 13.1 Å². The molecule has 0 radical (unpaired) electrons. The number of esters is 1. The van der Waals surface area contributed by atoms with Crippen LogP contribution in [0.5, 0.6) is 0 Å². The topological polar surface area (TPSA) is 123 Å². The van der Waals surface area contributed by atoms with Gasteiger partial charge in [0.2, 0.25) is 5.95 Å². The molecule has 3 heterocycles. The maximum atomic E-state index is 11.8. The van der Waals surface area contributed by atoms with Crippen molar-refractivity contribution in [2.75, 3.05) is 30.8 Å². The number of anilines is 2. The quantitative estimate of drug-likeness (QED) is 0.779. The largest absolute Gasteiger partial charge is 0.476 e. The summed E-state index contributed by atoms with van der Waals surface area (Å²) in [7, 11) is 1.36. The monoisotopic (exact) mass is 319 g/mol. The Morgan fingerprint density at radius 1 is 1.43 bits per heavy atom. The minimum atomic E-state index is -1.13. The normalized spacial score (nSPS) is 18.1. The van der Waals surface area contributed by atoms with E-state index in [1.807, 2.05) is 4.90 Å². The summed E-state index contributed by atoms with van der Waals surface area (Å²) < 4.78 is 6.02. The number of nitrogens with two attached hydrogens (primary N) is 1. The molecule has 2 aromatic rings. The van der Waals surface area contributed by atoms with E-state index in [1.165, 1.54) is 11.6 Å². The molecule has 0 bridgehead atoms. The van der Waals surface area contributed by atoms with E-state index in [0.29, 0.717) is 24.4 Å². The molecule has 1 unspecified atom stereocenters. The number of ether oxygens (including phenoxy) is 1. The van der Waals surface area contributed by atoms with E-state index >= 15 is 0 Å². The zero-order valence-corrected chi connectivity index (χ0v) is 12.6. The summed E-state index contributed by atoms with van der Waals surface area (Å²) in [5, 5.41) is 13.5. The van der Waals surface area contributed by atoms with Gasteiger partial charge < -0.3 is 20.5 Å². The van der Waals surface area contributed by atoms with Crippen LogP contribution < -0.4 is 10.6 Å². The third kappa shape index (κ3) is 2.65. The Morgan fingerprint density at radius 2 is 2.22 bits per heavy atom. The average molecular weight is 319 g/mol. The third-order valence-electron chi connectivity index (χ3n) is 3.99. The van der Waals surface area contributed by atoms with Crippen molar-refractivity contribution in [2.24, 2.45) is 5.92 Å². The average Bonchev–Trinajstić information content (AvgIpc) is 2.93. The Hall–Kier alpha value is -2.84. The van der Waals surface area contributed by atoms with Gasteiger partial charge in [-0.2, -0.15) is 4.98 Å². The molecule has 1 aliphatic heterocycles. The zero-order chi connectivity index (χ0) is 16.6. The van der Waals surface area contributed by atoms with Gasteiger partial charge in [0.05, 0.1) is 18.7 Å². The second-order valence-electron chi connectivity index (χ2n) is 5.42. The number of carboxylic acid groups (broad SMARTS) is 1. The highest BCUT2D eigenvalue weighted by Crippen LogP contribution is 2.28. The summed E-state index contributed by atoms with van der Waals surface area (Å²) in [4.78, 5) is 29.3. The molecule has 1 fully saturated rings. The predicted molar refractivity (Wildman–Crippen MR) is 81.3 cm³/mol. The lowest BCUT2D eigenvalue weighted by atomic mass is 9.97. The van der Waals surface area contributed by atoms with Crippen LogP contribution in [0, 0.1) is 5.92 Å². The van der Waals surface area contributed by atoms with E-state index < -0.39 is 5.97 Å². The number of piperidine rings is 1. The number of rotatable bonds is 3. The second kappa shape index (κ2) is 5.75. The minimum absolute atomic E-state index is 0.00994. The number of nitrogen functional groups attached to an aromatic ring is 1. The Labute approximate surface area is 131 Å². The Balaban J connectivity index is 2.03. The first-order valence-corrected chi connectivity index (χ1v) is 7.22. The molecular formula is C14H17N5O4. The van der Waals surface area contributed by atoms with Crippen molar-refractivity contribution >= 4 is 29.2 Å². The van der Waals surface area contributed by atoms with Crippen molar-refractivity contribution in [2.45, 2.75) is 12.8 Å². The summed E-state index contributed by atoms with van der Waals surface area (Å²) in [5.74, 6) is -1.67. The van der Waals surface area contributed by atoms with Gasteiger partial charge in [0.25, 0.3) is 0 Å². The molecule has 0 spiro atoms. The van der Waals surface area contributed by atoms with Crippen molar-refractivity contribution < 1.29 is 19.4 Å². The van der Waals surface area contributed by atoms with Crippen LogP contribution >= 0.6 is 0 Å². The van der Waals surface area contributed by atoms with E-state index in [2.05, 4.69) is 10.1 Å². The number of carboxylic acids is 1. The van der Waals surface area contributed by atoms with Crippen LogP contribution in [0.25, 0.3) is 5.65 Å². The molecule has 0 aromatic carbocycles. The Bertz CT molecular complexity index is 772. The Kier molecular flexibility index (Phi) is 3.77. The number of carbonyl (C=O) groups is 2. The molecule has 0 aliphatic carbocycles. The lowest BCUT2D eigenvalue weighted by molar-refractivity contribution is -0.145. The van der Waals surface area contributed by atoms with Crippen LogP contribution in [0.15, 0.2) is 12.1 Å². The van der Waals surface area contributed by atoms with Crippen LogP contribution in [-0.4, -0.2) is 51.8 Å². The number of pyridine rings is 1. The smallest absolute Gasteiger partial charge is 0.356 e. The first-order valence-electron chi connectivity index (χ1n) is 7.22. The van der Waals surface area contributed by atoms with E-state index in [0.717, 1.165) is 12.8 Å². The van der Waals surface area contributed by atoms with E-state index in [9.17, 15) is 14.7 Å². The highest BCUT2D eigenvalue weighted by atomic mass is 16.5. The molecule has 9 nitrogen and oxygen atoms in total. The van der Waals surface area contributed by atoms with Crippen LogP contribution in [-0.2, 0) is 9.53 Å². The van der Waals surface area contributed by atoms with Crippen molar-refractivity contribution in [1.29, 1.82) is 0 Å². The standard InChI is InChI=1S/C14H17N5O4/c1-23-13(22)8-3-2-6-18(7-8)9-4-5-10-16-14(15)17-19(10)11(9)12(20)21/h4-5,8H,2-3,6-7H2,1H3,(H2,15,17)(H,20,21). The number of hydrogen-bond donors (Lipinski definition) is 2. The maximum Gasteiger partial charge on any atom is 0.356 e. The molecule has 1 atom stereocenters. The lowest BCUT2D eigenvalue weighted by Crippen LogP contribution is -2.40. The Morgan fingerprint density at radius 3 is 2.91 bits per heavy atom. The summed E-state index contributed by atoms with van der Waals surface area (Å²) >= 11 is 0. The number of hydrogen-bond acceptors (Lipinski definition) is 7. The van der Waals surface area contributed by atoms with Gasteiger partial charge in [-0.25, -0.2) is 9.31 Å². The van der Waals surface area contributed by atoms with E-state index in [-0.39, 0.29) is 23.5 Å². The number of aromatic nitrogens is 3. The van der Waals surface area contributed by atoms with Gasteiger partial charge in [-0.15, -0.1) is 5.10 Å². The van der Waals surface area contributed by atoms with Gasteiger partial charge >= 0.3 is 11.9 Å². The molecule has 2 aromatic heterocycles. The van der Waals surface area contributed by atoms with Crippen molar-refractivity contribution in [3.8, 4) is 0 Å². The van der Waals surface area contributed by atoms with Crippen molar-refractivity contribution in [1.82, 2.24) is 14.6 Å². The number of methoxy groups -OCH3 is 1. The maximum absolute atomic E-state index is 11.8. The molecule has 1 saturated heterocycles. The van der Waals surface area contributed by atoms with Crippen LogP contribution in [0.4, 0.5) is 11.6 Å². The first-order chi connectivity index (χ1) is 11.0. The fraction of sp³-hybridized carbons (Fsp3) is 0.429. The fourth-order valence-electron chi connectivity index (χ4n) is 2.96. The summed E-state index contributed by atoms with van der Waals surface area (Å²) in [6.45, 7) is 1.06. The van der Waals surface area contributed by atoms with Gasteiger partial charge in [0.15, 0.2) is 11.3 Å². The molecule has 9 heteroatoms. The highest BCUT2D eigenvalue weighted by molar-refractivity contribution is 5.93. The SMILES string of the molecule is COC(=O)C1CCCN(c2ccc3nc(N)nn3c2C(=O)O)C1. The van der Waals surface area contributed by atoms with E-state index in [4.69, 9.17) is 10.5 Å². The highest BCUT2D eigenvalue weighted by Gasteiger charge is 2.29. The lowest BCUT2D eigenvalue weighted by Gasteiger charge is -2.33. The van der Waals surface area contributed by atoms with E-state index in [1.54, 1.807) is 12.1 Å². The van der Waals surface area contributed by atoms with Crippen molar-refractivity contribution in [3.05, 3.63) is 17.8 Å². The summed E-state index contributed by atoms with van der Waals surface area (Å²) in [6.07, 6.45) is 1.50. The fourth-order valence-corrected chi connectivity index (χ4v) is 2.96. The minimum Gasteiger partial charge on any atom is -0.476 e. The molecule has 0 saturated carbocycles. The number of aromatic carboxylic acids is 1. The van der Waals surface area contributed by atoms with Gasteiger partial charge in [-0.1, -0.05) is 0 Å². The molecule has 1 aliphatic rings. The van der Waals surface area contributed by atoms with Gasteiger partial charge in [-0.05, 0) is 25.0 Å².